The summed E-state index contributed by atoms with van der Waals surface area (Å²) in [6, 6.07) is 6.78. The maximum absolute atomic E-state index is 12.4. The third-order valence-corrected chi connectivity index (χ3v) is 4.05. The minimum Gasteiger partial charge on any atom is -0.205 e. The Morgan fingerprint density at radius 3 is 2.23 bits per heavy atom. The summed E-state index contributed by atoms with van der Waals surface area (Å²) < 4.78 is 24.7. The number of halogens is 2. The molecule has 0 N–H and O–H groups in total. The SMILES string of the molecule is C[Si](C)(C)c1cccc(C(F)F)c1. The lowest BCUT2D eigenvalue weighted by Gasteiger charge is -2.17. The lowest BCUT2D eigenvalue weighted by molar-refractivity contribution is 0.151. The average Bonchev–Trinajstić information content (AvgIpc) is 2.03. The van der Waals surface area contributed by atoms with Crippen LogP contribution in [0.15, 0.2) is 24.3 Å². The second kappa shape index (κ2) is 3.58. The van der Waals surface area contributed by atoms with Crippen molar-refractivity contribution in [3.8, 4) is 0 Å². The van der Waals surface area contributed by atoms with E-state index < -0.39 is 14.5 Å². The van der Waals surface area contributed by atoms with Gasteiger partial charge in [0.2, 0.25) is 0 Å². The first-order valence-electron chi connectivity index (χ1n) is 4.30. The van der Waals surface area contributed by atoms with Crippen molar-refractivity contribution in [2.45, 2.75) is 26.1 Å². The van der Waals surface area contributed by atoms with E-state index in [1.54, 1.807) is 12.1 Å². The molecule has 0 aromatic heterocycles. The van der Waals surface area contributed by atoms with Crippen LogP contribution in [0.25, 0.3) is 0 Å². The fourth-order valence-corrected chi connectivity index (χ4v) is 2.34. The first-order valence-corrected chi connectivity index (χ1v) is 7.80. The first kappa shape index (κ1) is 10.4. The van der Waals surface area contributed by atoms with Crippen LogP contribution in [0, 0.1) is 0 Å². The second-order valence-electron chi connectivity index (χ2n) is 4.18. The summed E-state index contributed by atoms with van der Waals surface area (Å²) in [4.78, 5) is 0. The van der Waals surface area contributed by atoms with E-state index in [2.05, 4.69) is 19.6 Å². The summed E-state index contributed by atoms with van der Waals surface area (Å²) in [5.74, 6) is 0. The lowest BCUT2D eigenvalue weighted by atomic mass is 10.2. The van der Waals surface area contributed by atoms with Crippen LogP contribution in [-0.4, -0.2) is 8.07 Å². The van der Waals surface area contributed by atoms with Crippen LogP contribution in [0.1, 0.15) is 12.0 Å². The van der Waals surface area contributed by atoms with E-state index in [4.69, 9.17) is 0 Å². The number of benzene rings is 1. The van der Waals surface area contributed by atoms with Crippen molar-refractivity contribution in [2.75, 3.05) is 0 Å². The van der Waals surface area contributed by atoms with Crippen molar-refractivity contribution < 1.29 is 8.78 Å². The van der Waals surface area contributed by atoms with Crippen molar-refractivity contribution in [3.05, 3.63) is 29.8 Å². The van der Waals surface area contributed by atoms with Crippen molar-refractivity contribution in [3.63, 3.8) is 0 Å². The maximum atomic E-state index is 12.4. The molecule has 0 aliphatic carbocycles. The van der Waals surface area contributed by atoms with Gasteiger partial charge in [0.25, 0.3) is 6.43 Å². The Morgan fingerprint density at radius 2 is 1.77 bits per heavy atom. The minimum atomic E-state index is -2.35. The Kier molecular flexibility index (Phi) is 2.86. The van der Waals surface area contributed by atoms with Crippen molar-refractivity contribution in [2.24, 2.45) is 0 Å². The molecule has 13 heavy (non-hydrogen) atoms. The predicted octanol–water partition coefficient (Wildman–Crippen LogP) is 3.17. The van der Waals surface area contributed by atoms with Crippen LogP contribution < -0.4 is 5.19 Å². The van der Waals surface area contributed by atoms with E-state index in [1.807, 2.05) is 6.07 Å². The van der Waals surface area contributed by atoms with Crippen molar-refractivity contribution >= 4 is 13.3 Å². The van der Waals surface area contributed by atoms with Gasteiger partial charge in [-0.1, -0.05) is 49.1 Å². The molecule has 0 spiro atoms. The van der Waals surface area contributed by atoms with Gasteiger partial charge in [-0.2, -0.15) is 0 Å². The molecule has 0 amide bonds. The summed E-state index contributed by atoms with van der Waals surface area (Å²) in [7, 11) is -1.44. The van der Waals surface area contributed by atoms with E-state index in [1.165, 1.54) is 6.07 Å². The Bertz CT molecular complexity index is 289. The average molecular weight is 200 g/mol. The summed E-state index contributed by atoms with van der Waals surface area (Å²) in [6.07, 6.45) is -2.35. The fourth-order valence-electron chi connectivity index (χ4n) is 1.14. The fraction of sp³-hybridized carbons (Fsp3) is 0.400. The molecule has 0 fully saturated rings. The largest absolute Gasteiger partial charge is 0.263 e. The summed E-state index contributed by atoms with van der Waals surface area (Å²) in [5.41, 5.74) is 0.139. The number of hydrogen-bond acceptors (Lipinski definition) is 0. The molecule has 0 atom stereocenters. The van der Waals surface area contributed by atoms with E-state index in [0.29, 0.717) is 0 Å². The van der Waals surface area contributed by atoms with Gasteiger partial charge >= 0.3 is 0 Å². The van der Waals surface area contributed by atoms with Gasteiger partial charge < -0.3 is 0 Å². The Morgan fingerprint density at radius 1 is 1.15 bits per heavy atom. The summed E-state index contributed by atoms with van der Waals surface area (Å²) in [6.45, 7) is 6.45. The minimum absolute atomic E-state index is 0.139. The van der Waals surface area contributed by atoms with E-state index in [9.17, 15) is 8.78 Å². The maximum Gasteiger partial charge on any atom is 0.263 e. The Hall–Kier alpha value is -0.703. The van der Waals surface area contributed by atoms with E-state index in [0.717, 1.165) is 5.19 Å². The highest BCUT2D eigenvalue weighted by Crippen LogP contribution is 2.17. The molecule has 0 bridgehead atoms. The normalized spacial score (nSPS) is 12.2. The lowest BCUT2D eigenvalue weighted by Crippen LogP contribution is -2.37. The summed E-state index contributed by atoms with van der Waals surface area (Å²) in [5, 5.41) is 1.09. The van der Waals surface area contributed by atoms with Gasteiger partial charge in [0.15, 0.2) is 0 Å². The quantitative estimate of drug-likeness (QED) is 0.643. The highest BCUT2D eigenvalue weighted by molar-refractivity contribution is 6.88. The van der Waals surface area contributed by atoms with Crippen LogP contribution in [0.4, 0.5) is 8.78 Å². The van der Waals surface area contributed by atoms with Gasteiger partial charge in [0.1, 0.15) is 0 Å². The predicted molar refractivity (Wildman–Crippen MR) is 54.4 cm³/mol. The Balaban J connectivity index is 3.06. The smallest absolute Gasteiger partial charge is 0.205 e. The third-order valence-electron chi connectivity index (χ3n) is 2.00. The van der Waals surface area contributed by atoms with Crippen LogP contribution >= 0.6 is 0 Å². The molecule has 1 rings (SSSR count). The first-order chi connectivity index (χ1) is 5.91. The molecule has 0 heterocycles. The molecule has 1 aromatic rings. The highest BCUT2D eigenvalue weighted by atomic mass is 28.3. The topological polar surface area (TPSA) is 0 Å². The van der Waals surface area contributed by atoms with Gasteiger partial charge in [-0.3, -0.25) is 0 Å². The standard InChI is InChI=1S/C10H14F2Si/c1-13(2,3)9-6-4-5-8(7-9)10(11)12/h4-7,10H,1-3H3. The molecule has 0 nitrogen and oxygen atoms in total. The molecular formula is C10H14F2Si. The molecule has 0 radical (unpaired) electrons. The van der Waals surface area contributed by atoms with Crippen LogP contribution in [0.2, 0.25) is 19.6 Å². The van der Waals surface area contributed by atoms with Gasteiger partial charge in [-0.05, 0) is 0 Å². The van der Waals surface area contributed by atoms with Gasteiger partial charge in [0.05, 0.1) is 8.07 Å². The van der Waals surface area contributed by atoms with Gasteiger partial charge in [0, 0.05) is 5.56 Å². The molecular weight excluding hydrogens is 186 g/mol. The Labute approximate surface area is 78.6 Å². The number of rotatable bonds is 2. The zero-order chi connectivity index (χ0) is 10.1. The zero-order valence-electron chi connectivity index (χ0n) is 8.14. The molecule has 3 heteroatoms. The second-order valence-corrected chi connectivity index (χ2v) is 9.25. The third kappa shape index (κ3) is 2.62. The monoisotopic (exact) mass is 200 g/mol. The van der Waals surface area contributed by atoms with Gasteiger partial charge in [-0.15, -0.1) is 0 Å². The van der Waals surface area contributed by atoms with Crippen LogP contribution in [0.5, 0.6) is 0 Å². The number of alkyl halides is 2. The zero-order valence-corrected chi connectivity index (χ0v) is 9.14. The number of hydrogen-bond donors (Lipinski definition) is 0. The van der Waals surface area contributed by atoms with E-state index >= 15 is 0 Å². The molecule has 0 unspecified atom stereocenters. The van der Waals surface area contributed by atoms with Crippen LogP contribution in [-0.2, 0) is 0 Å². The van der Waals surface area contributed by atoms with Crippen LogP contribution in [0.3, 0.4) is 0 Å². The molecule has 0 aliphatic rings. The molecule has 0 saturated heterocycles. The van der Waals surface area contributed by atoms with Gasteiger partial charge in [-0.25, -0.2) is 8.78 Å². The highest BCUT2D eigenvalue weighted by Gasteiger charge is 2.17. The molecule has 1 aromatic carbocycles. The van der Waals surface area contributed by atoms with Crippen molar-refractivity contribution in [1.82, 2.24) is 0 Å². The molecule has 0 saturated carbocycles. The van der Waals surface area contributed by atoms with E-state index in [-0.39, 0.29) is 5.56 Å². The molecule has 72 valence electrons. The molecule has 0 aliphatic heterocycles. The summed E-state index contributed by atoms with van der Waals surface area (Å²) >= 11 is 0. The van der Waals surface area contributed by atoms with Crippen molar-refractivity contribution in [1.29, 1.82) is 0 Å².